The van der Waals surface area contributed by atoms with Gasteiger partial charge in [0.2, 0.25) is 11.8 Å². The van der Waals surface area contributed by atoms with Gasteiger partial charge < -0.3 is 36.8 Å². The van der Waals surface area contributed by atoms with E-state index in [0.29, 0.717) is 43.7 Å². The molecule has 1 fully saturated rings. The van der Waals surface area contributed by atoms with Crippen LogP contribution in [0.15, 0.2) is 21.8 Å². The highest BCUT2D eigenvalue weighted by Gasteiger charge is 2.50. The van der Waals surface area contributed by atoms with Crippen LogP contribution in [0.4, 0.5) is 0 Å². The molecule has 6 atom stereocenters. The molecule has 1 heterocycles. The average molecular weight is 658 g/mol. The lowest BCUT2D eigenvalue weighted by Crippen LogP contribution is -2.50. The maximum atomic E-state index is 13.1. The molecule has 0 radical (unpaired) electrons. The van der Waals surface area contributed by atoms with Crippen LogP contribution >= 0.6 is 23.5 Å². The van der Waals surface area contributed by atoms with Gasteiger partial charge in [-0.05, 0) is 50.2 Å². The Balaban J connectivity index is 1.86. The first-order valence-electron chi connectivity index (χ1n) is 14.4. The highest BCUT2D eigenvalue weighted by Crippen LogP contribution is 2.51. The molecular weight excluding hydrogens is 614 g/mol. The van der Waals surface area contributed by atoms with Crippen LogP contribution in [0.2, 0.25) is 0 Å². The Bertz CT molecular complexity index is 1160. The molecule has 1 aliphatic carbocycles. The molecule has 0 saturated heterocycles. The van der Waals surface area contributed by atoms with E-state index in [1.807, 2.05) is 13.8 Å². The lowest BCUT2D eigenvalue weighted by molar-refractivity contribution is -0.142. The third-order valence-corrected chi connectivity index (χ3v) is 9.86. The number of aliphatic imine (C=N–C) groups is 2. The second kappa shape index (κ2) is 17.4. The number of rotatable bonds is 20. The number of unbranched alkanes of at least 4 members (excludes halogenated alkanes) is 2. The minimum atomic E-state index is -1.26. The van der Waals surface area contributed by atoms with Gasteiger partial charge in [0.15, 0.2) is 0 Å². The fourth-order valence-corrected chi connectivity index (χ4v) is 7.00. The first-order valence-corrected chi connectivity index (χ1v) is 16.6. The summed E-state index contributed by atoms with van der Waals surface area (Å²) >= 11 is 2.60. The Morgan fingerprint density at radius 2 is 1.84 bits per heavy atom. The highest BCUT2D eigenvalue weighted by molar-refractivity contribution is 8.00. The van der Waals surface area contributed by atoms with Crippen molar-refractivity contribution in [1.29, 1.82) is 0 Å². The Morgan fingerprint density at radius 3 is 2.39 bits per heavy atom. The number of allylic oxidation sites excluding steroid dienone is 1. The molecule has 1 aliphatic heterocycles. The number of aliphatic hydroxyl groups excluding tert-OH is 1. The van der Waals surface area contributed by atoms with Crippen LogP contribution in [0.5, 0.6) is 0 Å². The standard InChI is InChI=1S/C28H43N5O9S2/c1-15(34)21(18-11-20(22(31-18)27(41)42)44-10-8-30-14-29)24(36)33-19(26(39)40)13-43-9-6-4-5-7-17(25(37)38)32-23(35)16-12-28(16,2)3/h7,14-16,18-21,34H,4-6,8-13H2,1-3H3,(H2,29,30)(H,32,35)(H,33,36)(H,37,38)(H,39,40)(H,41,42)/b17-7-/t15-,16?,18-,19?,20?,21-/m1/s1. The maximum absolute atomic E-state index is 13.1. The number of nitrogens with zero attached hydrogens (tertiary/aromatic N) is 2. The van der Waals surface area contributed by atoms with Crippen LogP contribution in [-0.4, -0.2) is 109 Å². The monoisotopic (exact) mass is 657 g/mol. The number of nitrogens with two attached hydrogens (primary N) is 1. The number of carboxylic acids is 3. The van der Waals surface area contributed by atoms with Crippen molar-refractivity contribution in [2.45, 2.75) is 76.3 Å². The number of hydrogen-bond acceptors (Lipinski definition) is 10. The lowest BCUT2D eigenvalue weighted by Gasteiger charge is -2.25. The number of hydrogen-bond donors (Lipinski definition) is 7. The van der Waals surface area contributed by atoms with Gasteiger partial charge in [0.1, 0.15) is 17.5 Å². The van der Waals surface area contributed by atoms with Gasteiger partial charge in [-0.2, -0.15) is 11.8 Å². The molecule has 2 amide bonds. The lowest BCUT2D eigenvalue weighted by atomic mass is 9.91. The average Bonchev–Trinajstić information content (AvgIpc) is 3.38. The van der Waals surface area contributed by atoms with Gasteiger partial charge in [0, 0.05) is 24.0 Å². The minimum absolute atomic E-state index is 0.0471. The molecule has 246 valence electrons. The van der Waals surface area contributed by atoms with Crippen LogP contribution in [0.1, 0.15) is 52.9 Å². The third-order valence-electron chi connectivity index (χ3n) is 7.47. The molecule has 2 aliphatic rings. The van der Waals surface area contributed by atoms with E-state index < -0.39 is 53.2 Å². The Hall–Kier alpha value is -3.11. The summed E-state index contributed by atoms with van der Waals surface area (Å²) in [5, 5.41) is 43.5. The molecule has 2 rings (SSSR count). The van der Waals surface area contributed by atoms with Gasteiger partial charge in [-0.15, -0.1) is 11.8 Å². The molecule has 8 N–H and O–H groups in total. The molecule has 0 aromatic heterocycles. The molecule has 3 unspecified atom stereocenters. The summed E-state index contributed by atoms with van der Waals surface area (Å²) in [4.78, 5) is 68.6. The van der Waals surface area contributed by atoms with Crippen molar-refractivity contribution in [3.8, 4) is 0 Å². The summed E-state index contributed by atoms with van der Waals surface area (Å²) in [5.74, 6) is -4.99. The van der Waals surface area contributed by atoms with Gasteiger partial charge in [-0.3, -0.25) is 19.6 Å². The number of carbonyl (C=O) groups excluding carboxylic acids is 2. The van der Waals surface area contributed by atoms with Gasteiger partial charge in [-0.1, -0.05) is 19.9 Å². The summed E-state index contributed by atoms with van der Waals surface area (Å²) in [6.07, 6.45) is 3.96. The second-order valence-electron chi connectivity index (χ2n) is 11.4. The van der Waals surface area contributed by atoms with Crippen molar-refractivity contribution < 1.29 is 44.4 Å². The van der Waals surface area contributed by atoms with E-state index in [2.05, 4.69) is 20.6 Å². The number of amides is 2. The molecule has 44 heavy (non-hydrogen) atoms. The SMILES string of the molecule is C[C@@H](O)[C@@H](C(=O)NC(CSCCCC/C=C(\NC(=O)C1CC1(C)C)C(=O)O)C(=O)O)[C@H]1CC(SCCN=CN)C(C(=O)O)=N1. The van der Waals surface area contributed by atoms with Gasteiger partial charge >= 0.3 is 17.9 Å². The third kappa shape index (κ3) is 11.4. The van der Waals surface area contributed by atoms with Gasteiger partial charge in [0.25, 0.3) is 0 Å². The van der Waals surface area contributed by atoms with E-state index in [4.69, 9.17) is 5.73 Å². The van der Waals surface area contributed by atoms with E-state index in [0.717, 1.165) is 6.34 Å². The largest absolute Gasteiger partial charge is 0.480 e. The first kappa shape index (κ1) is 37.1. The van der Waals surface area contributed by atoms with Gasteiger partial charge in [0.05, 0.1) is 29.7 Å². The zero-order valence-corrected chi connectivity index (χ0v) is 26.7. The Morgan fingerprint density at radius 1 is 1.16 bits per heavy atom. The molecule has 16 heteroatoms. The van der Waals surface area contributed by atoms with Crippen molar-refractivity contribution in [2.24, 2.45) is 33.0 Å². The number of thioether (sulfide) groups is 2. The van der Waals surface area contributed by atoms with Crippen molar-refractivity contribution in [3.63, 3.8) is 0 Å². The van der Waals surface area contributed by atoms with Crippen molar-refractivity contribution >= 4 is 65.3 Å². The Labute approximate surface area is 264 Å². The van der Waals surface area contributed by atoms with E-state index in [1.54, 1.807) is 0 Å². The van der Waals surface area contributed by atoms with E-state index >= 15 is 0 Å². The van der Waals surface area contributed by atoms with Crippen molar-refractivity contribution in [3.05, 3.63) is 11.8 Å². The van der Waals surface area contributed by atoms with Crippen LogP contribution in [0.3, 0.4) is 0 Å². The summed E-state index contributed by atoms with van der Waals surface area (Å²) in [6, 6.07) is -2.10. The number of nitrogens with one attached hydrogen (secondary N) is 2. The molecule has 0 aromatic carbocycles. The van der Waals surface area contributed by atoms with Crippen LogP contribution in [0.25, 0.3) is 0 Å². The summed E-state index contributed by atoms with van der Waals surface area (Å²) < 4.78 is 0. The van der Waals surface area contributed by atoms with Crippen LogP contribution in [0, 0.1) is 17.3 Å². The van der Waals surface area contributed by atoms with E-state index in [-0.39, 0.29) is 40.8 Å². The number of aliphatic carboxylic acids is 3. The molecule has 0 bridgehead atoms. The quantitative estimate of drug-likeness (QED) is 0.0419. The Kier molecular flexibility index (Phi) is 14.7. The topological polar surface area (TPSA) is 241 Å². The number of carbonyl (C=O) groups is 5. The maximum Gasteiger partial charge on any atom is 0.352 e. The molecule has 0 spiro atoms. The zero-order valence-electron chi connectivity index (χ0n) is 25.1. The molecular formula is C28H43N5O9S2. The summed E-state index contributed by atoms with van der Waals surface area (Å²) in [6.45, 7) is 5.66. The molecule has 1 saturated carbocycles. The van der Waals surface area contributed by atoms with Crippen molar-refractivity contribution in [1.82, 2.24) is 10.6 Å². The predicted octanol–water partition coefficient (Wildman–Crippen LogP) is 0.974. The molecule has 0 aromatic rings. The van der Waals surface area contributed by atoms with Gasteiger partial charge in [-0.25, -0.2) is 14.4 Å². The number of aliphatic hydroxyl groups is 1. The zero-order chi connectivity index (χ0) is 33.0. The van der Waals surface area contributed by atoms with Crippen LogP contribution in [-0.2, 0) is 24.0 Å². The smallest absolute Gasteiger partial charge is 0.352 e. The highest BCUT2D eigenvalue weighted by atomic mass is 32.2. The second-order valence-corrected chi connectivity index (χ2v) is 13.9. The fraction of sp³-hybridized carbons (Fsp3) is 0.679. The normalized spacial score (nSPS) is 23.0. The summed E-state index contributed by atoms with van der Waals surface area (Å²) in [7, 11) is 0. The van der Waals surface area contributed by atoms with Crippen LogP contribution < -0.4 is 16.4 Å². The summed E-state index contributed by atoms with van der Waals surface area (Å²) in [5.41, 5.74) is 4.84. The van der Waals surface area contributed by atoms with E-state index in [1.165, 1.54) is 36.5 Å². The van der Waals surface area contributed by atoms with E-state index in [9.17, 15) is 44.4 Å². The first-order chi connectivity index (χ1) is 20.7. The number of carboxylic acid groups (broad SMARTS) is 3. The fourth-order valence-electron chi connectivity index (χ4n) is 4.81. The predicted molar refractivity (Wildman–Crippen MR) is 169 cm³/mol. The minimum Gasteiger partial charge on any atom is -0.480 e. The molecule has 14 nitrogen and oxygen atoms in total. The van der Waals surface area contributed by atoms with Crippen molar-refractivity contribution in [2.75, 3.05) is 23.8 Å².